The number of aromatic nitrogens is 5. The van der Waals surface area contributed by atoms with E-state index in [9.17, 15) is 4.79 Å². The Labute approximate surface area is 200 Å². The highest BCUT2D eigenvalue weighted by atomic mass is 32.2. The number of anilines is 1. The van der Waals surface area contributed by atoms with Gasteiger partial charge in [-0.15, -0.1) is 21.5 Å². The average molecular weight is 489 g/mol. The van der Waals surface area contributed by atoms with E-state index in [0.29, 0.717) is 19.0 Å². The summed E-state index contributed by atoms with van der Waals surface area (Å²) in [5.74, 6) is 1.46. The predicted octanol–water partition coefficient (Wildman–Crippen LogP) is 2.53. The number of hydrogen-bond acceptors (Lipinski definition) is 9. The van der Waals surface area contributed by atoms with Crippen molar-refractivity contribution in [1.82, 2.24) is 24.1 Å². The Kier molecular flexibility index (Phi) is 6.12. The number of fused-ring (bicyclic) bond motifs is 3. The van der Waals surface area contributed by atoms with Crippen LogP contribution in [-0.4, -0.2) is 63.2 Å². The maximum atomic E-state index is 12.9. The fourth-order valence-electron chi connectivity index (χ4n) is 4.89. The Morgan fingerprint density at radius 1 is 1.12 bits per heavy atom. The zero-order chi connectivity index (χ0) is 22.2. The van der Waals surface area contributed by atoms with E-state index >= 15 is 0 Å². The van der Waals surface area contributed by atoms with Crippen LogP contribution in [0.3, 0.4) is 0 Å². The molecule has 2 fully saturated rings. The Morgan fingerprint density at radius 3 is 2.85 bits per heavy atom. The first kappa shape index (κ1) is 21.6. The quantitative estimate of drug-likeness (QED) is 0.490. The van der Waals surface area contributed by atoms with Crippen LogP contribution < -0.4 is 10.5 Å². The first-order valence-electron chi connectivity index (χ1n) is 11.8. The van der Waals surface area contributed by atoms with Gasteiger partial charge < -0.3 is 14.4 Å². The summed E-state index contributed by atoms with van der Waals surface area (Å²) in [5.41, 5.74) is 2.00. The van der Waals surface area contributed by atoms with E-state index < -0.39 is 0 Å². The summed E-state index contributed by atoms with van der Waals surface area (Å²) in [6.45, 7) is 4.59. The molecule has 0 radical (unpaired) electrons. The van der Waals surface area contributed by atoms with Gasteiger partial charge in [-0.3, -0.25) is 13.8 Å². The van der Waals surface area contributed by atoms with Crippen molar-refractivity contribution < 1.29 is 9.47 Å². The van der Waals surface area contributed by atoms with E-state index in [1.165, 1.54) is 17.0 Å². The molecule has 0 N–H and O–H groups in total. The lowest BCUT2D eigenvalue weighted by Crippen LogP contribution is -2.38. The molecular weight excluding hydrogens is 460 g/mol. The molecule has 0 amide bonds. The molecule has 0 aromatic carbocycles. The molecule has 9 nitrogen and oxygen atoms in total. The Morgan fingerprint density at radius 2 is 2.00 bits per heavy atom. The van der Waals surface area contributed by atoms with E-state index in [4.69, 9.17) is 14.5 Å². The molecule has 6 rings (SSSR count). The van der Waals surface area contributed by atoms with Crippen LogP contribution in [0.1, 0.15) is 41.9 Å². The van der Waals surface area contributed by atoms with E-state index in [2.05, 4.69) is 19.7 Å². The number of ether oxygens (including phenoxy) is 2. The van der Waals surface area contributed by atoms with Crippen LogP contribution in [0.15, 0.2) is 16.0 Å². The zero-order valence-electron chi connectivity index (χ0n) is 18.6. The SMILES string of the molecule is O=c1cc(CSc2nnc(N3CCOCC3)n2CC2CCCO2)nc2sc3c(n12)CCCC3. The second-order valence-corrected chi connectivity index (χ2v) is 10.8. The summed E-state index contributed by atoms with van der Waals surface area (Å²) in [5, 5.41) is 9.89. The van der Waals surface area contributed by atoms with Crippen molar-refractivity contribution in [2.45, 2.75) is 62.1 Å². The predicted molar refractivity (Wildman–Crippen MR) is 128 cm³/mol. The van der Waals surface area contributed by atoms with Gasteiger partial charge in [0.25, 0.3) is 5.56 Å². The minimum atomic E-state index is 0.0322. The standard InChI is InChI=1S/C22H28N6O3S2/c29-19-12-15(23-21-28(19)17-5-1-2-6-18(17)33-21)14-32-22-25-24-20(26-7-10-30-11-8-26)27(22)13-16-4-3-9-31-16/h12,16H,1-11,13-14H2. The lowest BCUT2D eigenvalue weighted by Gasteiger charge is -2.28. The summed E-state index contributed by atoms with van der Waals surface area (Å²) in [6, 6.07) is 1.69. The maximum Gasteiger partial charge on any atom is 0.259 e. The van der Waals surface area contributed by atoms with Crippen molar-refractivity contribution in [3.8, 4) is 0 Å². The number of nitrogens with zero attached hydrogens (tertiary/aromatic N) is 6. The molecule has 2 aliphatic heterocycles. The zero-order valence-corrected chi connectivity index (χ0v) is 20.2. The number of rotatable bonds is 6. The van der Waals surface area contributed by atoms with Gasteiger partial charge in [0, 0.05) is 42.1 Å². The molecule has 2 saturated heterocycles. The first-order valence-corrected chi connectivity index (χ1v) is 13.6. The summed E-state index contributed by atoms with van der Waals surface area (Å²) in [7, 11) is 0. The molecule has 3 aliphatic rings. The van der Waals surface area contributed by atoms with E-state index in [1.54, 1.807) is 29.2 Å². The summed E-state index contributed by atoms with van der Waals surface area (Å²) >= 11 is 3.26. The van der Waals surface area contributed by atoms with Gasteiger partial charge in [-0.05, 0) is 38.5 Å². The molecule has 33 heavy (non-hydrogen) atoms. The molecular formula is C22H28N6O3S2. The minimum Gasteiger partial charge on any atom is -0.378 e. The molecule has 1 unspecified atom stereocenters. The van der Waals surface area contributed by atoms with Crippen LogP contribution >= 0.6 is 23.1 Å². The van der Waals surface area contributed by atoms with Gasteiger partial charge in [0.2, 0.25) is 5.95 Å². The molecule has 5 heterocycles. The van der Waals surface area contributed by atoms with E-state index in [0.717, 1.165) is 80.1 Å². The van der Waals surface area contributed by atoms with Crippen LogP contribution in [0, 0.1) is 0 Å². The Bertz CT molecular complexity index is 1190. The number of thiazole rings is 1. The highest BCUT2D eigenvalue weighted by molar-refractivity contribution is 7.98. The smallest absolute Gasteiger partial charge is 0.259 e. The molecule has 11 heteroatoms. The number of hydrogen-bond donors (Lipinski definition) is 0. The maximum absolute atomic E-state index is 12.9. The normalized spacial score (nSPS) is 21.1. The molecule has 176 valence electrons. The number of morpholine rings is 1. The van der Waals surface area contributed by atoms with Gasteiger partial charge in [0.15, 0.2) is 10.1 Å². The highest BCUT2D eigenvalue weighted by Crippen LogP contribution is 2.30. The second kappa shape index (κ2) is 9.36. The van der Waals surface area contributed by atoms with Gasteiger partial charge in [-0.1, -0.05) is 11.8 Å². The van der Waals surface area contributed by atoms with Gasteiger partial charge in [0.05, 0.1) is 31.6 Å². The Hall–Kier alpha value is -1.95. The largest absolute Gasteiger partial charge is 0.378 e. The fraction of sp³-hybridized carbons (Fsp3) is 0.636. The van der Waals surface area contributed by atoms with Crippen molar-refractivity contribution in [1.29, 1.82) is 0 Å². The van der Waals surface area contributed by atoms with Gasteiger partial charge in [-0.25, -0.2) is 4.98 Å². The molecule has 1 atom stereocenters. The fourth-order valence-corrected chi connectivity index (χ4v) is 6.96. The third kappa shape index (κ3) is 4.31. The van der Waals surface area contributed by atoms with E-state index in [1.807, 2.05) is 4.40 Å². The van der Waals surface area contributed by atoms with Crippen molar-refractivity contribution in [2.75, 3.05) is 37.8 Å². The summed E-state index contributed by atoms with van der Waals surface area (Å²) in [6.07, 6.45) is 6.73. The average Bonchev–Trinajstić information content (AvgIpc) is 3.57. The molecule has 0 saturated carbocycles. The number of aryl methyl sites for hydroxylation is 2. The van der Waals surface area contributed by atoms with Crippen LogP contribution in [0.25, 0.3) is 4.96 Å². The van der Waals surface area contributed by atoms with Crippen LogP contribution in [0.4, 0.5) is 5.95 Å². The van der Waals surface area contributed by atoms with Crippen LogP contribution in [0.5, 0.6) is 0 Å². The van der Waals surface area contributed by atoms with Gasteiger partial charge in [-0.2, -0.15) is 0 Å². The molecule has 3 aromatic heterocycles. The first-order chi connectivity index (χ1) is 16.3. The molecule has 0 bridgehead atoms. The third-order valence-electron chi connectivity index (χ3n) is 6.57. The van der Waals surface area contributed by atoms with Gasteiger partial charge in [0.1, 0.15) is 0 Å². The highest BCUT2D eigenvalue weighted by Gasteiger charge is 2.25. The van der Waals surface area contributed by atoms with Crippen molar-refractivity contribution in [3.05, 3.63) is 32.7 Å². The van der Waals surface area contributed by atoms with Crippen molar-refractivity contribution in [3.63, 3.8) is 0 Å². The third-order valence-corrected chi connectivity index (χ3v) is 8.71. The second-order valence-electron chi connectivity index (χ2n) is 8.80. The molecule has 3 aromatic rings. The minimum absolute atomic E-state index is 0.0322. The number of thioether (sulfide) groups is 1. The van der Waals surface area contributed by atoms with Gasteiger partial charge >= 0.3 is 0 Å². The topological polar surface area (TPSA) is 86.8 Å². The van der Waals surface area contributed by atoms with Crippen molar-refractivity contribution in [2.24, 2.45) is 0 Å². The Balaban J connectivity index is 1.26. The van der Waals surface area contributed by atoms with Crippen molar-refractivity contribution >= 4 is 34.0 Å². The lowest BCUT2D eigenvalue weighted by atomic mass is 10.0. The lowest BCUT2D eigenvalue weighted by molar-refractivity contribution is 0.0942. The summed E-state index contributed by atoms with van der Waals surface area (Å²) < 4.78 is 15.4. The van der Waals surface area contributed by atoms with Crippen LogP contribution in [0.2, 0.25) is 0 Å². The monoisotopic (exact) mass is 488 g/mol. The summed E-state index contributed by atoms with van der Waals surface area (Å²) in [4.78, 5) is 22.1. The van der Waals surface area contributed by atoms with Crippen LogP contribution in [-0.2, 0) is 34.6 Å². The van der Waals surface area contributed by atoms with E-state index in [-0.39, 0.29) is 11.7 Å². The molecule has 0 spiro atoms. The molecule has 1 aliphatic carbocycles.